The molecule has 0 aromatic rings. The van der Waals surface area contributed by atoms with Crippen LogP contribution in [0.3, 0.4) is 0 Å². The van der Waals surface area contributed by atoms with Crippen molar-refractivity contribution in [1.29, 1.82) is 0 Å². The molecule has 0 bridgehead atoms. The Balaban J connectivity index is 5.14. The van der Waals surface area contributed by atoms with Gasteiger partial charge >= 0.3 is 39.5 Å². The quantitative estimate of drug-likeness (QED) is 0.0222. The van der Waals surface area contributed by atoms with Gasteiger partial charge in [0.2, 0.25) is 0 Å². The molecule has 0 heterocycles. The number of hydrogen-bond donors (Lipinski definition) is 3. The van der Waals surface area contributed by atoms with Crippen molar-refractivity contribution in [2.24, 2.45) is 5.92 Å². The monoisotopic (exact) mass is 1350 g/mol. The maximum Gasteiger partial charge on any atom is 0.472 e. The normalized spacial score (nSPS) is 14.0. The first-order valence-corrected chi connectivity index (χ1v) is 41.1. The maximum absolute atomic E-state index is 13.0. The number of carbonyl (C=O) groups is 4. The van der Waals surface area contributed by atoms with Crippen LogP contribution in [0.4, 0.5) is 0 Å². The van der Waals surface area contributed by atoms with Gasteiger partial charge in [-0.15, -0.1) is 0 Å². The number of phosphoric acid groups is 2. The van der Waals surface area contributed by atoms with E-state index in [0.29, 0.717) is 25.7 Å². The van der Waals surface area contributed by atoms with E-state index >= 15 is 0 Å². The van der Waals surface area contributed by atoms with Crippen LogP contribution in [0.25, 0.3) is 0 Å². The molecule has 17 nitrogen and oxygen atoms in total. The van der Waals surface area contributed by atoms with Crippen molar-refractivity contribution < 1.29 is 80.2 Å². The van der Waals surface area contributed by atoms with Crippen LogP contribution < -0.4 is 0 Å². The van der Waals surface area contributed by atoms with E-state index in [-0.39, 0.29) is 25.7 Å². The SMILES string of the molecule is CCCCCCCCCCCCCCCCCC(=O)OC[C@H](COP(=O)(O)OC[C@@H](O)COP(=O)(O)OC[C@@H](COC(=O)CCCCCCC)OC(=O)CCCCCCCCCCCCCCCCC)OC(=O)CCCCCCCCCCCCCCCCC(C)C. The molecule has 0 aliphatic rings. The third-order valence-corrected chi connectivity index (χ3v) is 18.9. The molecule has 5 atom stereocenters. The van der Waals surface area contributed by atoms with Crippen molar-refractivity contribution in [3.05, 3.63) is 0 Å². The highest BCUT2D eigenvalue weighted by Gasteiger charge is 2.30. The second kappa shape index (κ2) is 66.3. The molecule has 546 valence electrons. The number of unbranched alkanes of at least 4 members (excludes halogenated alkanes) is 45. The lowest BCUT2D eigenvalue weighted by Gasteiger charge is -2.21. The second-order valence-electron chi connectivity index (χ2n) is 26.8. The van der Waals surface area contributed by atoms with E-state index in [1.165, 1.54) is 199 Å². The van der Waals surface area contributed by atoms with E-state index in [2.05, 4.69) is 34.6 Å². The molecule has 0 amide bonds. The van der Waals surface area contributed by atoms with Crippen LogP contribution in [0.5, 0.6) is 0 Å². The molecule has 0 aliphatic carbocycles. The Kier molecular flexibility index (Phi) is 64.9. The van der Waals surface area contributed by atoms with Crippen LogP contribution in [0.15, 0.2) is 0 Å². The van der Waals surface area contributed by atoms with Gasteiger partial charge in [-0.1, -0.05) is 330 Å². The lowest BCUT2D eigenvalue weighted by atomic mass is 10.0. The minimum absolute atomic E-state index is 0.107. The van der Waals surface area contributed by atoms with E-state index in [9.17, 15) is 43.2 Å². The first kappa shape index (κ1) is 90.1. The fourth-order valence-corrected chi connectivity index (χ4v) is 12.8. The summed E-state index contributed by atoms with van der Waals surface area (Å²) in [5.41, 5.74) is 0. The molecule has 0 fully saturated rings. The second-order valence-corrected chi connectivity index (χ2v) is 29.7. The predicted octanol–water partition coefficient (Wildman–Crippen LogP) is 21.3. The van der Waals surface area contributed by atoms with Gasteiger partial charge in [0, 0.05) is 25.7 Å². The Hall–Kier alpha value is -1.94. The number of carbonyl (C=O) groups excluding carboxylic acids is 4. The fraction of sp³-hybridized carbons (Fsp3) is 0.945. The van der Waals surface area contributed by atoms with Crippen molar-refractivity contribution in [2.75, 3.05) is 39.6 Å². The number of ether oxygens (including phenoxy) is 4. The lowest BCUT2D eigenvalue weighted by Crippen LogP contribution is -2.30. The number of hydrogen-bond acceptors (Lipinski definition) is 15. The molecule has 0 rings (SSSR count). The third kappa shape index (κ3) is 66.7. The summed E-state index contributed by atoms with van der Waals surface area (Å²) in [5.74, 6) is -1.33. The Morgan fingerprint density at radius 1 is 0.293 bits per heavy atom. The summed E-state index contributed by atoms with van der Waals surface area (Å²) in [7, 11) is -9.90. The number of esters is 4. The van der Waals surface area contributed by atoms with Gasteiger partial charge in [0.25, 0.3) is 0 Å². The van der Waals surface area contributed by atoms with Crippen molar-refractivity contribution in [1.82, 2.24) is 0 Å². The Bertz CT molecular complexity index is 1770. The molecular formula is C73H142O17P2. The highest BCUT2D eigenvalue weighted by Crippen LogP contribution is 2.45. The Morgan fingerprint density at radius 2 is 0.500 bits per heavy atom. The largest absolute Gasteiger partial charge is 0.472 e. The van der Waals surface area contributed by atoms with E-state index in [4.69, 9.17) is 37.0 Å². The molecule has 0 spiro atoms. The van der Waals surface area contributed by atoms with Gasteiger partial charge in [-0.05, 0) is 31.6 Å². The van der Waals surface area contributed by atoms with Crippen LogP contribution in [-0.4, -0.2) is 96.7 Å². The van der Waals surface area contributed by atoms with Gasteiger partial charge in [0.15, 0.2) is 12.2 Å². The smallest absolute Gasteiger partial charge is 0.462 e. The number of rotatable bonds is 73. The topological polar surface area (TPSA) is 237 Å². The van der Waals surface area contributed by atoms with Crippen LogP contribution in [0.2, 0.25) is 0 Å². The minimum Gasteiger partial charge on any atom is -0.462 e. The van der Waals surface area contributed by atoms with E-state index in [0.717, 1.165) is 102 Å². The number of aliphatic hydroxyl groups excluding tert-OH is 1. The Labute approximate surface area is 562 Å². The third-order valence-electron chi connectivity index (χ3n) is 17.0. The molecule has 0 radical (unpaired) electrons. The lowest BCUT2D eigenvalue weighted by molar-refractivity contribution is -0.161. The summed E-state index contributed by atoms with van der Waals surface area (Å²) in [5, 5.41) is 10.6. The highest BCUT2D eigenvalue weighted by molar-refractivity contribution is 7.47. The molecular weight excluding hydrogens is 1210 g/mol. The number of aliphatic hydroxyl groups is 1. The van der Waals surface area contributed by atoms with E-state index in [1.54, 1.807) is 0 Å². The van der Waals surface area contributed by atoms with Gasteiger partial charge in [-0.3, -0.25) is 37.3 Å². The summed E-state index contributed by atoms with van der Waals surface area (Å²) in [6, 6.07) is 0. The van der Waals surface area contributed by atoms with Gasteiger partial charge in [0.05, 0.1) is 26.4 Å². The highest BCUT2D eigenvalue weighted by atomic mass is 31.2. The van der Waals surface area contributed by atoms with Crippen LogP contribution in [0, 0.1) is 5.92 Å². The Morgan fingerprint density at radius 3 is 0.739 bits per heavy atom. The van der Waals surface area contributed by atoms with Crippen LogP contribution in [0.1, 0.15) is 381 Å². The molecule has 0 aromatic carbocycles. The number of phosphoric ester groups is 2. The zero-order chi connectivity index (χ0) is 67.7. The standard InChI is InChI=1S/C73H142O17P2/c1-6-9-12-15-17-19-21-23-25-30-34-38-42-47-52-57-71(76)84-63-69(90-73(78)59-54-49-44-40-36-32-28-27-29-33-37-41-46-50-55-66(4)5)65-88-92(81,82)86-61-67(74)60-85-91(79,80)87-64-68(62-83-70(75)56-51-45-14-11-8-3)89-72(77)58-53-48-43-39-35-31-26-24-22-20-18-16-13-10-7-2/h66-69,74H,6-65H2,1-5H3,(H,79,80)(H,81,82)/t67-,68+,69+/m0/s1. The van der Waals surface area contributed by atoms with Crippen LogP contribution >= 0.6 is 15.6 Å². The molecule has 92 heavy (non-hydrogen) atoms. The van der Waals surface area contributed by atoms with Gasteiger partial charge < -0.3 is 33.8 Å². The van der Waals surface area contributed by atoms with Crippen molar-refractivity contribution in [2.45, 2.75) is 400 Å². The van der Waals surface area contributed by atoms with E-state index < -0.39 is 97.5 Å². The predicted molar refractivity (Wildman–Crippen MR) is 372 cm³/mol. The first-order chi connectivity index (χ1) is 44.5. The molecule has 19 heteroatoms. The first-order valence-electron chi connectivity index (χ1n) is 38.1. The van der Waals surface area contributed by atoms with Gasteiger partial charge in [0.1, 0.15) is 19.3 Å². The zero-order valence-electron chi connectivity index (χ0n) is 59.7. The minimum atomic E-state index is -4.95. The summed E-state index contributed by atoms with van der Waals surface area (Å²) in [6.45, 7) is 7.22. The molecule has 0 saturated carbocycles. The molecule has 0 aromatic heterocycles. The molecule has 2 unspecified atom stereocenters. The average Bonchev–Trinajstić information content (AvgIpc) is 3.28. The average molecular weight is 1350 g/mol. The van der Waals surface area contributed by atoms with Gasteiger partial charge in [-0.2, -0.15) is 0 Å². The van der Waals surface area contributed by atoms with E-state index in [1.807, 2.05) is 0 Å². The fourth-order valence-electron chi connectivity index (χ4n) is 11.2. The summed E-state index contributed by atoms with van der Waals surface area (Å²) >= 11 is 0. The maximum atomic E-state index is 13.0. The van der Waals surface area contributed by atoms with Crippen molar-refractivity contribution in [3.63, 3.8) is 0 Å². The summed E-state index contributed by atoms with van der Waals surface area (Å²) in [4.78, 5) is 72.4. The summed E-state index contributed by atoms with van der Waals surface area (Å²) in [6.07, 6.45) is 54.4. The van der Waals surface area contributed by atoms with Crippen LogP contribution in [-0.2, 0) is 65.4 Å². The summed E-state index contributed by atoms with van der Waals surface area (Å²) < 4.78 is 68.2. The zero-order valence-corrected chi connectivity index (χ0v) is 61.5. The van der Waals surface area contributed by atoms with Gasteiger partial charge in [-0.25, -0.2) is 9.13 Å². The molecule has 0 saturated heterocycles. The van der Waals surface area contributed by atoms with Crippen molar-refractivity contribution >= 4 is 39.5 Å². The molecule has 0 aliphatic heterocycles. The van der Waals surface area contributed by atoms with Crippen molar-refractivity contribution in [3.8, 4) is 0 Å². The molecule has 3 N–H and O–H groups in total.